The Morgan fingerprint density at radius 2 is 2.12 bits per heavy atom. The first-order valence-corrected chi connectivity index (χ1v) is 12.9. The molecule has 1 amide bonds. The van der Waals surface area contributed by atoms with Crippen LogP contribution in [0, 0.1) is 6.92 Å². The number of carbonyl (C=O) groups is 1. The van der Waals surface area contributed by atoms with E-state index in [1.54, 1.807) is 11.3 Å². The van der Waals surface area contributed by atoms with Gasteiger partial charge in [0.1, 0.15) is 12.4 Å². The number of rotatable bonds is 11. The fourth-order valence-corrected chi connectivity index (χ4v) is 5.36. The van der Waals surface area contributed by atoms with E-state index in [9.17, 15) is 9.90 Å². The summed E-state index contributed by atoms with van der Waals surface area (Å²) < 4.78 is 11.7. The number of carbonyl (C=O) groups excluding carboxylic acids is 1. The average molecular weight is 473 g/mol. The van der Waals surface area contributed by atoms with Gasteiger partial charge in [0, 0.05) is 24.0 Å². The highest BCUT2D eigenvalue weighted by molar-refractivity contribution is 7.10. The second-order valence-corrected chi connectivity index (χ2v) is 10.5. The van der Waals surface area contributed by atoms with Crippen LogP contribution in [-0.2, 0) is 16.0 Å². The lowest BCUT2D eigenvalue weighted by Crippen LogP contribution is -2.48. The SMILES string of the molecule is Cc1cccc(OC[C@@H]2c3ccsc3CCN2C(=O)CN(C[C@@H](O)COC(C)C)C2CC2)c1. The topological polar surface area (TPSA) is 62.2 Å². The first-order valence-electron chi connectivity index (χ1n) is 12.0. The van der Waals surface area contributed by atoms with Crippen molar-refractivity contribution in [2.24, 2.45) is 0 Å². The minimum atomic E-state index is -0.592. The fourth-order valence-electron chi connectivity index (χ4n) is 4.43. The Morgan fingerprint density at radius 3 is 2.85 bits per heavy atom. The van der Waals surface area contributed by atoms with E-state index in [2.05, 4.69) is 16.3 Å². The third-order valence-electron chi connectivity index (χ3n) is 6.28. The van der Waals surface area contributed by atoms with Crippen molar-refractivity contribution in [2.45, 2.75) is 64.3 Å². The summed E-state index contributed by atoms with van der Waals surface area (Å²) in [6.45, 7) is 8.19. The van der Waals surface area contributed by atoms with Gasteiger partial charge in [-0.3, -0.25) is 9.69 Å². The Kier molecular flexibility index (Phi) is 8.07. The van der Waals surface area contributed by atoms with Gasteiger partial charge in [-0.25, -0.2) is 0 Å². The van der Waals surface area contributed by atoms with Crippen molar-refractivity contribution in [2.75, 3.05) is 32.8 Å². The van der Waals surface area contributed by atoms with Crippen LogP contribution in [0.4, 0.5) is 0 Å². The highest BCUT2D eigenvalue weighted by Crippen LogP contribution is 2.35. The van der Waals surface area contributed by atoms with Crippen LogP contribution in [0.15, 0.2) is 35.7 Å². The van der Waals surface area contributed by atoms with Crippen molar-refractivity contribution < 1.29 is 19.4 Å². The van der Waals surface area contributed by atoms with Crippen LogP contribution in [0.1, 0.15) is 48.7 Å². The molecule has 1 aromatic carbocycles. The molecule has 7 heteroatoms. The summed E-state index contributed by atoms with van der Waals surface area (Å²) >= 11 is 1.76. The van der Waals surface area contributed by atoms with Crippen molar-refractivity contribution in [3.05, 3.63) is 51.7 Å². The summed E-state index contributed by atoms with van der Waals surface area (Å²) in [6.07, 6.45) is 2.54. The van der Waals surface area contributed by atoms with E-state index >= 15 is 0 Å². The molecule has 2 heterocycles. The molecule has 33 heavy (non-hydrogen) atoms. The van der Waals surface area contributed by atoms with Gasteiger partial charge in [-0.15, -0.1) is 11.3 Å². The summed E-state index contributed by atoms with van der Waals surface area (Å²) in [5, 5.41) is 12.6. The maximum absolute atomic E-state index is 13.5. The minimum Gasteiger partial charge on any atom is -0.491 e. The Labute approximate surface area is 201 Å². The summed E-state index contributed by atoms with van der Waals surface area (Å²) in [5.41, 5.74) is 2.36. The van der Waals surface area contributed by atoms with Crippen molar-refractivity contribution in [3.8, 4) is 5.75 Å². The molecule has 0 saturated heterocycles. The molecule has 4 rings (SSSR count). The monoisotopic (exact) mass is 472 g/mol. The van der Waals surface area contributed by atoms with Crippen LogP contribution in [0.25, 0.3) is 0 Å². The van der Waals surface area contributed by atoms with Crippen LogP contribution in [0.2, 0.25) is 0 Å². The highest BCUT2D eigenvalue weighted by Gasteiger charge is 2.36. The van der Waals surface area contributed by atoms with Crippen LogP contribution < -0.4 is 4.74 Å². The van der Waals surface area contributed by atoms with Crippen molar-refractivity contribution >= 4 is 17.2 Å². The number of aliphatic hydroxyl groups is 1. The molecule has 1 fully saturated rings. The molecule has 1 aromatic heterocycles. The Bertz CT molecular complexity index is 927. The number of aliphatic hydroxyl groups excluding tert-OH is 1. The molecule has 1 N–H and O–H groups in total. The molecule has 1 saturated carbocycles. The number of nitrogens with zero attached hydrogens (tertiary/aromatic N) is 2. The van der Waals surface area contributed by atoms with Crippen LogP contribution in [0.5, 0.6) is 5.75 Å². The van der Waals surface area contributed by atoms with Crippen LogP contribution in [-0.4, -0.2) is 71.9 Å². The van der Waals surface area contributed by atoms with E-state index in [0.29, 0.717) is 38.9 Å². The number of benzene rings is 1. The molecular weight excluding hydrogens is 436 g/mol. The van der Waals surface area contributed by atoms with E-state index in [1.807, 2.05) is 49.9 Å². The van der Waals surface area contributed by atoms with Crippen molar-refractivity contribution in [1.82, 2.24) is 9.80 Å². The lowest BCUT2D eigenvalue weighted by molar-refractivity contribution is -0.136. The first-order chi connectivity index (χ1) is 15.9. The molecule has 1 aliphatic heterocycles. The number of hydrogen-bond donors (Lipinski definition) is 1. The maximum Gasteiger partial charge on any atom is 0.237 e. The quantitative estimate of drug-likeness (QED) is 0.539. The van der Waals surface area contributed by atoms with Gasteiger partial charge < -0.3 is 19.5 Å². The predicted molar refractivity (Wildman–Crippen MR) is 131 cm³/mol. The first kappa shape index (κ1) is 24.2. The van der Waals surface area contributed by atoms with Gasteiger partial charge in [0.2, 0.25) is 5.91 Å². The fraction of sp³-hybridized carbons (Fsp3) is 0.577. The minimum absolute atomic E-state index is 0.0815. The molecular formula is C26H36N2O4S. The maximum atomic E-state index is 13.5. The molecule has 2 aromatic rings. The molecule has 0 unspecified atom stereocenters. The van der Waals surface area contributed by atoms with Gasteiger partial charge in [0.15, 0.2) is 0 Å². The number of aryl methyl sites for hydroxylation is 1. The zero-order chi connectivity index (χ0) is 23.4. The van der Waals surface area contributed by atoms with Crippen LogP contribution >= 0.6 is 11.3 Å². The summed E-state index contributed by atoms with van der Waals surface area (Å²) in [4.78, 5) is 19.0. The van der Waals surface area contributed by atoms with Crippen molar-refractivity contribution in [3.63, 3.8) is 0 Å². The predicted octanol–water partition coefficient (Wildman–Crippen LogP) is 3.81. The molecule has 0 bridgehead atoms. The largest absolute Gasteiger partial charge is 0.491 e. The molecule has 1 aliphatic carbocycles. The van der Waals surface area contributed by atoms with Gasteiger partial charge in [0.25, 0.3) is 0 Å². The standard InChI is InChI=1S/C26H36N2O4S/c1-18(2)31-16-21(29)14-27(20-7-8-20)15-26(30)28-11-9-25-23(10-12-33-25)24(28)17-32-22-6-4-5-19(3)13-22/h4-6,10,12-13,18,20-21,24,29H,7-9,11,14-17H2,1-3H3/t21-,24-/m1/s1. The Balaban J connectivity index is 1.42. The molecule has 0 radical (unpaired) electrons. The Hall–Kier alpha value is -1.93. The van der Waals surface area contributed by atoms with Gasteiger partial charge in [-0.05, 0) is 74.7 Å². The normalized spacial score (nSPS) is 19.1. The third kappa shape index (κ3) is 6.57. The van der Waals surface area contributed by atoms with Crippen LogP contribution in [0.3, 0.4) is 0 Å². The van der Waals surface area contributed by atoms with E-state index in [1.165, 1.54) is 10.4 Å². The van der Waals surface area contributed by atoms with Crippen molar-refractivity contribution in [1.29, 1.82) is 0 Å². The van der Waals surface area contributed by atoms with Gasteiger partial charge >= 0.3 is 0 Å². The number of amides is 1. The van der Waals surface area contributed by atoms with Gasteiger partial charge in [-0.2, -0.15) is 0 Å². The molecule has 2 aliphatic rings. The van der Waals surface area contributed by atoms with E-state index in [4.69, 9.17) is 9.47 Å². The average Bonchev–Trinajstić information content (AvgIpc) is 3.52. The van der Waals surface area contributed by atoms with E-state index in [0.717, 1.165) is 30.6 Å². The summed E-state index contributed by atoms with van der Waals surface area (Å²) in [7, 11) is 0. The number of ether oxygens (including phenoxy) is 2. The molecule has 0 spiro atoms. The second kappa shape index (κ2) is 11.0. The summed E-state index contributed by atoms with van der Waals surface area (Å²) in [6, 6.07) is 10.5. The highest BCUT2D eigenvalue weighted by atomic mass is 32.1. The number of hydrogen-bond acceptors (Lipinski definition) is 6. The molecule has 180 valence electrons. The summed E-state index contributed by atoms with van der Waals surface area (Å²) in [5.74, 6) is 0.936. The zero-order valence-electron chi connectivity index (χ0n) is 19.9. The lowest BCUT2D eigenvalue weighted by Gasteiger charge is -2.37. The number of thiophene rings is 1. The smallest absolute Gasteiger partial charge is 0.237 e. The molecule has 6 nitrogen and oxygen atoms in total. The van der Waals surface area contributed by atoms with Gasteiger partial charge in [0.05, 0.1) is 31.4 Å². The van der Waals surface area contributed by atoms with E-state index in [-0.39, 0.29) is 18.1 Å². The number of fused-ring (bicyclic) bond motifs is 1. The second-order valence-electron chi connectivity index (χ2n) is 9.48. The van der Waals surface area contributed by atoms with Gasteiger partial charge in [-0.1, -0.05) is 12.1 Å². The lowest BCUT2D eigenvalue weighted by atomic mass is 10.0. The zero-order valence-corrected chi connectivity index (χ0v) is 20.7. The molecule has 2 atom stereocenters. The third-order valence-corrected chi connectivity index (χ3v) is 7.28. The Morgan fingerprint density at radius 1 is 1.30 bits per heavy atom. The van der Waals surface area contributed by atoms with E-state index < -0.39 is 6.10 Å².